The van der Waals surface area contributed by atoms with E-state index >= 15 is 0 Å². The quantitative estimate of drug-likeness (QED) is 0.557. The van der Waals surface area contributed by atoms with Crippen LogP contribution in [0.1, 0.15) is 52.9 Å². The van der Waals surface area contributed by atoms with Crippen LogP contribution in [-0.4, -0.2) is 36.6 Å². The minimum atomic E-state index is 0.608. The topological polar surface area (TPSA) is 36.4 Å². The first kappa shape index (κ1) is 16.7. The van der Waals surface area contributed by atoms with E-state index in [9.17, 15) is 0 Å². The lowest BCUT2D eigenvalue weighted by atomic mass is 10.0. The highest BCUT2D eigenvalue weighted by Crippen LogP contribution is 2.28. The zero-order chi connectivity index (χ0) is 14.1. The lowest BCUT2D eigenvalue weighted by molar-refractivity contribution is 0.502. The van der Waals surface area contributed by atoms with Crippen molar-refractivity contribution in [3.8, 4) is 0 Å². The van der Waals surface area contributed by atoms with Crippen molar-refractivity contribution in [2.45, 2.75) is 64.2 Å². The molecule has 0 saturated heterocycles. The molecule has 0 radical (unpaired) electrons. The molecule has 0 aromatic heterocycles. The second kappa shape index (κ2) is 9.51. The predicted molar refractivity (Wildman–Crippen MR) is 88.1 cm³/mol. The minimum absolute atomic E-state index is 0.608. The minimum Gasteiger partial charge on any atom is -0.357 e. The Bertz CT molecular complexity index is 264. The largest absolute Gasteiger partial charge is 0.357 e. The number of nitrogens with one attached hydrogen (secondary N) is 2. The zero-order valence-corrected chi connectivity index (χ0v) is 13.9. The van der Waals surface area contributed by atoms with Crippen molar-refractivity contribution in [1.82, 2.24) is 10.6 Å². The van der Waals surface area contributed by atoms with Crippen molar-refractivity contribution in [2.75, 3.05) is 19.3 Å². The molecule has 1 saturated carbocycles. The molecule has 0 spiro atoms. The van der Waals surface area contributed by atoms with Gasteiger partial charge in [0.15, 0.2) is 5.96 Å². The molecule has 2 atom stereocenters. The summed E-state index contributed by atoms with van der Waals surface area (Å²) in [5.41, 5.74) is 0. The SMILES string of the molecule is CCNC(=NCC(CC)CC)NC1CCC(SC)C1. The fourth-order valence-electron chi connectivity index (χ4n) is 2.57. The van der Waals surface area contributed by atoms with Crippen LogP contribution < -0.4 is 10.6 Å². The number of aliphatic imine (C=N–C) groups is 1. The molecule has 112 valence electrons. The summed E-state index contributed by atoms with van der Waals surface area (Å²) in [5.74, 6) is 1.74. The number of guanidine groups is 1. The van der Waals surface area contributed by atoms with Crippen molar-refractivity contribution >= 4 is 17.7 Å². The van der Waals surface area contributed by atoms with E-state index in [1.54, 1.807) is 0 Å². The first-order chi connectivity index (χ1) is 9.23. The Morgan fingerprint density at radius 3 is 2.53 bits per heavy atom. The molecule has 1 rings (SSSR count). The number of rotatable bonds is 7. The van der Waals surface area contributed by atoms with Gasteiger partial charge in [0, 0.05) is 24.4 Å². The van der Waals surface area contributed by atoms with E-state index in [0.29, 0.717) is 6.04 Å². The predicted octanol–water partition coefficient (Wildman–Crippen LogP) is 3.26. The Balaban J connectivity index is 2.45. The van der Waals surface area contributed by atoms with Crippen molar-refractivity contribution in [1.29, 1.82) is 0 Å². The maximum atomic E-state index is 4.76. The van der Waals surface area contributed by atoms with Crippen molar-refractivity contribution in [2.24, 2.45) is 10.9 Å². The van der Waals surface area contributed by atoms with E-state index in [2.05, 4.69) is 37.7 Å². The monoisotopic (exact) mass is 285 g/mol. The Morgan fingerprint density at radius 2 is 2.00 bits per heavy atom. The molecule has 1 aliphatic rings. The number of hydrogen-bond acceptors (Lipinski definition) is 2. The van der Waals surface area contributed by atoms with E-state index in [1.807, 2.05) is 11.8 Å². The van der Waals surface area contributed by atoms with Gasteiger partial charge in [-0.3, -0.25) is 4.99 Å². The van der Waals surface area contributed by atoms with E-state index in [-0.39, 0.29) is 0 Å². The summed E-state index contributed by atoms with van der Waals surface area (Å²) in [4.78, 5) is 4.76. The van der Waals surface area contributed by atoms with Gasteiger partial charge in [0.05, 0.1) is 0 Å². The van der Waals surface area contributed by atoms with Gasteiger partial charge < -0.3 is 10.6 Å². The first-order valence-corrected chi connectivity index (χ1v) is 9.09. The third-order valence-corrected chi connectivity index (χ3v) is 5.16. The standard InChI is InChI=1S/C15H31N3S/c1-5-12(6-2)11-17-15(16-7-3)18-13-8-9-14(10-13)19-4/h12-14H,5-11H2,1-4H3,(H2,16,17,18). The summed E-state index contributed by atoms with van der Waals surface area (Å²) in [6.45, 7) is 8.52. The van der Waals surface area contributed by atoms with Gasteiger partial charge >= 0.3 is 0 Å². The Kier molecular flexibility index (Phi) is 8.35. The Hall–Kier alpha value is -0.380. The molecule has 0 bridgehead atoms. The average molecular weight is 286 g/mol. The van der Waals surface area contributed by atoms with Crippen molar-refractivity contribution in [3.63, 3.8) is 0 Å². The second-order valence-corrected chi connectivity index (χ2v) is 6.55. The van der Waals surface area contributed by atoms with E-state index in [1.165, 1.54) is 32.1 Å². The molecular weight excluding hydrogens is 254 g/mol. The van der Waals surface area contributed by atoms with Gasteiger partial charge in [0.1, 0.15) is 0 Å². The summed E-state index contributed by atoms with van der Waals surface area (Å²) in [5, 5.41) is 7.82. The van der Waals surface area contributed by atoms with Gasteiger partial charge in [-0.15, -0.1) is 0 Å². The molecule has 0 aliphatic heterocycles. The van der Waals surface area contributed by atoms with Crippen LogP contribution in [0.25, 0.3) is 0 Å². The van der Waals surface area contributed by atoms with Crippen LogP contribution in [0.4, 0.5) is 0 Å². The third kappa shape index (κ3) is 6.07. The van der Waals surface area contributed by atoms with Crippen LogP contribution >= 0.6 is 11.8 Å². The van der Waals surface area contributed by atoms with Gasteiger partial charge in [0.2, 0.25) is 0 Å². The molecule has 3 nitrogen and oxygen atoms in total. The Morgan fingerprint density at radius 1 is 1.26 bits per heavy atom. The highest BCUT2D eigenvalue weighted by atomic mass is 32.2. The van der Waals surface area contributed by atoms with Gasteiger partial charge in [0.25, 0.3) is 0 Å². The van der Waals surface area contributed by atoms with Gasteiger partial charge in [-0.1, -0.05) is 26.7 Å². The smallest absolute Gasteiger partial charge is 0.191 e. The lowest BCUT2D eigenvalue weighted by Gasteiger charge is -2.18. The molecule has 0 heterocycles. The maximum absolute atomic E-state index is 4.76. The highest BCUT2D eigenvalue weighted by Gasteiger charge is 2.24. The van der Waals surface area contributed by atoms with Crippen LogP contribution in [0.15, 0.2) is 4.99 Å². The molecule has 0 aromatic rings. The van der Waals surface area contributed by atoms with Gasteiger partial charge in [-0.05, 0) is 38.4 Å². The lowest BCUT2D eigenvalue weighted by Crippen LogP contribution is -2.42. The zero-order valence-electron chi connectivity index (χ0n) is 13.0. The highest BCUT2D eigenvalue weighted by molar-refractivity contribution is 7.99. The second-order valence-electron chi connectivity index (χ2n) is 5.41. The molecule has 0 aromatic carbocycles. The summed E-state index contributed by atoms with van der Waals surface area (Å²) in [7, 11) is 0. The van der Waals surface area contributed by atoms with Crippen molar-refractivity contribution in [3.05, 3.63) is 0 Å². The first-order valence-electron chi connectivity index (χ1n) is 7.81. The summed E-state index contributed by atoms with van der Waals surface area (Å²) in [6, 6.07) is 0.608. The summed E-state index contributed by atoms with van der Waals surface area (Å²) in [6.07, 6.45) is 8.55. The van der Waals surface area contributed by atoms with Crippen LogP contribution in [-0.2, 0) is 0 Å². The molecule has 19 heavy (non-hydrogen) atoms. The molecule has 2 unspecified atom stereocenters. The van der Waals surface area contributed by atoms with Gasteiger partial charge in [-0.2, -0.15) is 11.8 Å². The molecule has 4 heteroatoms. The average Bonchev–Trinajstić information content (AvgIpc) is 2.87. The van der Waals surface area contributed by atoms with Crippen LogP contribution in [0, 0.1) is 5.92 Å². The Labute approximate surface area is 123 Å². The molecule has 0 amide bonds. The van der Waals surface area contributed by atoms with Crippen LogP contribution in [0.5, 0.6) is 0 Å². The van der Waals surface area contributed by atoms with Crippen LogP contribution in [0.2, 0.25) is 0 Å². The normalized spacial score (nSPS) is 23.9. The van der Waals surface area contributed by atoms with E-state index in [0.717, 1.165) is 30.2 Å². The third-order valence-electron chi connectivity index (χ3n) is 4.07. The van der Waals surface area contributed by atoms with E-state index in [4.69, 9.17) is 4.99 Å². The number of thioether (sulfide) groups is 1. The molecule has 2 N–H and O–H groups in total. The van der Waals surface area contributed by atoms with Crippen LogP contribution in [0.3, 0.4) is 0 Å². The number of nitrogens with zero attached hydrogens (tertiary/aromatic N) is 1. The summed E-state index contributed by atoms with van der Waals surface area (Å²) >= 11 is 2.00. The van der Waals surface area contributed by atoms with Gasteiger partial charge in [-0.25, -0.2) is 0 Å². The fraction of sp³-hybridized carbons (Fsp3) is 0.933. The molecule has 1 fully saturated rings. The fourth-order valence-corrected chi connectivity index (χ4v) is 3.36. The van der Waals surface area contributed by atoms with E-state index < -0.39 is 0 Å². The van der Waals surface area contributed by atoms with Crippen molar-refractivity contribution < 1.29 is 0 Å². The molecule has 1 aliphatic carbocycles. The summed E-state index contributed by atoms with van der Waals surface area (Å²) < 4.78 is 0. The maximum Gasteiger partial charge on any atom is 0.191 e. The molecular formula is C15H31N3S. The number of hydrogen-bond donors (Lipinski definition) is 2.